The fourth-order valence-corrected chi connectivity index (χ4v) is 2.80. The highest BCUT2D eigenvalue weighted by Gasteiger charge is 2.14. The number of hydrogen-bond donors (Lipinski definition) is 1. The second-order valence-electron chi connectivity index (χ2n) is 6.02. The molecule has 0 aliphatic heterocycles. The maximum Gasteiger partial charge on any atom is 0.356 e. The fourth-order valence-electron chi connectivity index (χ4n) is 2.63. The SMILES string of the molecule is CCOC(=O)C(Cc1ccc(OCc2ccc3ccc(Cl)cc3n2)cc1)=NO. The lowest BCUT2D eigenvalue weighted by atomic mass is 10.1. The van der Waals surface area contributed by atoms with Crippen molar-refractivity contribution < 1.29 is 19.5 Å². The van der Waals surface area contributed by atoms with Gasteiger partial charge in [-0.3, -0.25) is 0 Å². The van der Waals surface area contributed by atoms with E-state index in [-0.39, 0.29) is 18.7 Å². The van der Waals surface area contributed by atoms with E-state index in [1.165, 1.54) is 0 Å². The third kappa shape index (κ3) is 4.98. The standard InChI is InChI=1S/C21H19ClN2O4/c1-2-27-21(25)20(24-26)11-14-3-9-18(10-4-14)28-13-17-8-6-15-5-7-16(22)12-19(15)23-17/h3-10,12,26H,2,11,13H2,1H3. The molecule has 7 heteroatoms. The molecule has 0 aliphatic rings. The lowest BCUT2D eigenvalue weighted by molar-refractivity contribution is -0.135. The second-order valence-corrected chi connectivity index (χ2v) is 6.45. The van der Waals surface area contributed by atoms with Crippen molar-refractivity contribution in [2.75, 3.05) is 6.61 Å². The average molecular weight is 399 g/mol. The minimum absolute atomic E-state index is 0.0467. The summed E-state index contributed by atoms with van der Waals surface area (Å²) in [5, 5.41) is 13.7. The Balaban J connectivity index is 1.62. The Labute approximate surface area is 167 Å². The van der Waals surface area contributed by atoms with Crippen molar-refractivity contribution in [3.8, 4) is 5.75 Å². The first-order chi connectivity index (χ1) is 13.6. The van der Waals surface area contributed by atoms with Gasteiger partial charge in [-0.15, -0.1) is 0 Å². The molecule has 1 aromatic heterocycles. The van der Waals surface area contributed by atoms with Gasteiger partial charge in [0.05, 0.1) is 17.8 Å². The number of carbonyl (C=O) groups excluding carboxylic acids is 1. The molecule has 0 amide bonds. The summed E-state index contributed by atoms with van der Waals surface area (Å²) in [6.45, 7) is 2.23. The molecule has 1 N–H and O–H groups in total. The van der Waals surface area contributed by atoms with E-state index in [0.717, 1.165) is 22.2 Å². The number of hydrogen-bond acceptors (Lipinski definition) is 6. The molecule has 3 aromatic rings. The summed E-state index contributed by atoms with van der Waals surface area (Å²) >= 11 is 6.02. The number of pyridine rings is 1. The summed E-state index contributed by atoms with van der Waals surface area (Å²) < 4.78 is 10.6. The molecule has 2 aromatic carbocycles. The third-order valence-electron chi connectivity index (χ3n) is 4.03. The molecule has 0 saturated heterocycles. The molecule has 144 valence electrons. The third-order valence-corrected chi connectivity index (χ3v) is 4.26. The van der Waals surface area contributed by atoms with Gasteiger partial charge in [-0.25, -0.2) is 9.78 Å². The Morgan fingerprint density at radius 1 is 1.14 bits per heavy atom. The number of oxime groups is 1. The highest BCUT2D eigenvalue weighted by atomic mass is 35.5. The quantitative estimate of drug-likeness (QED) is 0.276. The van der Waals surface area contributed by atoms with Crippen LogP contribution in [-0.4, -0.2) is 28.5 Å². The smallest absolute Gasteiger partial charge is 0.356 e. The summed E-state index contributed by atoms with van der Waals surface area (Å²) in [4.78, 5) is 16.2. The van der Waals surface area contributed by atoms with Crippen LogP contribution in [0.1, 0.15) is 18.2 Å². The number of nitrogens with zero attached hydrogens (tertiary/aromatic N) is 2. The van der Waals surface area contributed by atoms with Crippen LogP contribution in [0.25, 0.3) is 10.9 Å². The summed E-state index contributed by atoms with van der Waals surface area (Å²) in [7, 11) is 0. The van der Waals surface area contributed by atoms with Crippen LogP contribution in [0, 0.1) is 0 Å². The predicted molar refractivity (Wildman–Crippen MR) is 107 cm³/mol. The first-order valence-electron chi connectivity index (χ1n) is 8.74. The number of fused-ring (bicyclic) bond motifs is 1. The summed E-state index contributed by atoms with van der Waals surface area (Å²) in [6.07, 6.45) is 0.169. The Hall–Kier alpha value is -3.12. The molecule has 0 aliphatic carbocycles. The van der Waals surface area contributed by atoms with E-state index in [2.05, 4.69) is 10.1 Å². The van der Waals surface area contributed by atoms with Gasteiger partial charge < -0.3 is 14.7 Å². The largest absolute Gasteiger partial charge is 0.487 e. The highest BCUT2D eigenvalue weighted by molar-refractivity contribution is 6.36. The van der Waals surface area contributed by atoms with Crippen molar-refractivity contribution in [1.29, 1.82) is 0 Å². The molecule has 0 saturated carbocycles. The van der Waals surface area contributed by atoms with Gasteiger partial charge in [0, 0.05) is 16.8 Å². The second kappa shape index (κ2) is 9.19. The number of aromatic nitrogens is 1. The predicted octanol–water partition coefficient (Wildman–Crippen LogP) is 4.40. The van der Waals surface area contributed by atoms with Gasteiger partial charge in [0.15, 0.2) is 5.71 Å². The first kappa shape index (κ1) is 19.6. The van der Waals surface area contributed by atoms with Crippen molar-refractivity contribution in [3.05, 3.63) is 70.9 Å². The van der Waals surface area contributed by atoms with Gasteiger partial charge in [0.2, 0.25) is 0 Å². The van der Waals surface area contributed by atoms with Crippen LogP contribution in [0.2, 0.25) is 5.02 Å². The monoisotopic (exact) mass is 398 g/mol. The van der Waals surface area contributed by atoms with Gasteiger partial charge >= 0.3 is 5.97 Å². The molecule has 0 fully saturated rings. The van der Waals surface area contributed by atoms with Crippen LogP contribution < -0.4 is 4.74 Å². The number of carbonyl (C=O) groups is 1. The van der Waals surface area contributed by atoms with Crippen molar-refractivity contribution in [3.63, 3.8) is 0 Å². The van der Waals surface area contributed by atoms with Crippen molar-refractivity contribution in [2.45, 2.75) is 20.0 Å². The number of benzene rings is 2. The van der Waals surface area contributed by atoms with E-state index >= 15 is 0 Å². The minimum atomic E-state index is -0.632. The zero-order valence-electron chi connectivity index (χ0n) is 15.3. The van der Waals surface area contributed by atoms with Crippen molar-refractivity contribution in [2.24, 2.45) is 5.16 Å². The topological polar surface area (TPSA) is 81.0 Å². The van der Waals surface area contributed by atoms with Gasteiger partial charge in [-0.1, -0.05) is 41.0 Å². The van der Waals surface area contributed by atoms with Crippen LogP contribution in [0.4, 0.5) is 0 Å². The molecule has 6 nitrogen and oxygen atoms in total. The Morgan fingerprint density at radius 3 is 2.61 bits per heavy atom. The van der Waals surface area contributed by atoms with Crippen molar-refractivity contribution >= 4 is 34.2 Å². The molecular weight excluding hydrogens is 380 g/mol. The number of halogens is 1. The maximum absolute atomic E-state index is 11.7. The average Bonchev–Trinajstić information content (AvgIpc) is 2.71. The Kier molecular flexibility index (Phi) is 6.45. The lowest BCUT2D eigenvalue weighted by Crippen LogP contribution is -2.20. The van der Waals surface area contributed by atoms with E-state index in [9.17, 15) is 4.79 Å². The van der Waals surface area contributed by atoms with Gasteiger partial charge in [-0.2, -0.15) is 0 Å². The van der Waals surface area contributed by atoms with Crippen molar-refractivity contribution in [1.82, 2.24) is 4.98 Å². The van der Waals surface area contributed by atoms with E-state index in [1.54, 1.807) is 31.2 Å². The van der Waals surface area contributed by atoms with Gasteiger partial charge in [0.1, 0.15) is 12.4 Å². The van der Waals surface area contributed by atoms with E-state index in [0.29, 0.717) is 17.4 Å². The zero-order chi connectivity index (χ0) is 19.9. The summed E-state index contributed by atoms with van der Waals surface area (Å²) in [5.41, 5.74) is 2.36. The first-order valence-corrected chi connectivity index (χ1v) is 9.12. The van der Waals surface area contributed by atoms with Gasteiger partial charge in [0.25, 0.3) is 0 Å². The molecule has 0 unspecified atom stereocenters. The lowest BCUT2D eigenvalue weighted by Gasteiger charge is -2.08. The molecule has 3 rings (SSSR count). The zero-order valence-corrected chi connectivity index (χ0v) is 16.0. The van der Waals surface area contributed by atoms with Crippen LogP contribution in [0.5, 0.6) is 5.75 Å². The number of esters is 1. The molecule has 0 spiro atoms. The molecular formula is C21H19ClN2O4. The molecule has 0 radical (unpaired) electrons. The fraction of sp³-hybridized carbons (Fsp3) is 0.190. The number of rotatable bonds is 7. The van der Waals surface area contributed by atoms with E-state index in [4.69, 9.17) is 26.3 Å². The highest BCUT2D eigenvalue weighted by Crippen LogP contribution is 2.19. The van der Waals surface area contributed by atoms with E-state index < -0.39 is 5.97 Å². The molecule has 1 heterocycles. The van der Waals surface area contributed by atoms with Crippen LogP contribution >= 0.6 is 11.6 Å². The Morgan fingerprint density at radius 2 is 1.89 bits per heavy atom. The van der Waals surface area contributed by atoms with Crippen LogP contribution in [-0.2, 0) is 22.6 Å². The van der Waals surface area contributed by atoms with Gasteiger partial charge in [-0.05, 0) is 42.8 Å². The Bertz CT molecular complexity index is 1000. The summed E-state index contributed by atoms with van der Waals surface area (Å²) in [6, 6.07) is 16.6. The van der Waals surface area contributed by atoms with E-state index in [1.807, 2.05) is 30.3 Å². The van der Waals surface area contributed by atoms with Crippen LogP contribution in [0.3, 0.4) is 0 Å². The molecule has 0 bridgehead atoms. The minimum Gasteiger partial charge on any atom is -0.487 e. The molecule has 0 atom stereocenters. The summed E-state index contributed by atoms with van der Waals surface area (Å²) in [5.74, 6) is 0.0307. The maximum atomic E-state index is 11.7. The van der Waals surface area contributed by atoms with Crippen LogP contribution in [0.15, 0.2) is 59.8 Å². The number of ether oxygens (including phenoxy) is 2. The molecule has 28 heavy (non-hydrogen) atoms. The normalized spacial score (nSPS) is 11.4.